The van der Waals surface area contributed by atoms with Gasteiger partial charge in [0.2, 0.25) is 10.0 Å². The summed E-state index contributed by atoms with van der Waals surface area (Å²) in [6.07, 6.45) is 1.56. The number of nitro benzene ring substituents is 1. The van der Waals surface area contributed by atoms with Crippen LogP contribution in [0.5, 0.6) is 0 Å². The van der Waals surface area contributed by atoms with Gasteiger partial charge in [0, 0.05) is 57.9 Å². The Morgan fingerprint density at radius 3 is 2.30 bits per heavy atom. The summed E-state index contributed by atoms with van der Waals surface area (Å²) >= 11 is 0. The van der Waals surface area contributed by atoms with E-state index in [1.54, 1.807) is 11.8 Å². The van der Waals surface area contributed by atoms with Crippen LogP contribution in [0, 0.1) is 17.0 Å². The van der Waals surface area contributed by atoms with Gasteiger partial charge in [-0.2, -0.15) is 12.7 Å². The molecule has 1 heterocycles. The molecule has 0 bridgehead atoms. The van der Waals surface area contributed by atoms with Crippen LogP contribution < -0.4 is 4.90 Å². The van der Waals surface area contributed by atoms with Gasteiger partial charge in [0.05, 0.1) is 30.1 Å². The number of piperazine rings is 1. The summed E-state index contributed by atoms with van der Waals surface area (Å²) in [7, 11) is -7.76. The minimum atomic E-state index is -4.09. The number of sulfonamides is 1. The van der Waals surface area contributed by atoms with Crippen molar-refractivity contribution in [3.05, 3.63) is 27.8 Å². The molecule has 0 atom stereocenters. The van der Waals surface area contributed by atoms with Crippen LogP contribution in [0.2, 0.25) is 0 Å². The van der Waals surface area contributed by atoms with Gasteiger partial charge in [0.25, 0.3) is 15.8 Å². The van der Waals surface area contributed by atoms with Crippen molar-refractivity contribution in [1.29, 1.82) is 0 Å². The van der Waals surface area contributed by atoms with E-state index < -0.39 is 25.1 Å². The molecular formula is C19H32N4O8S2. The fourth-order valence-corrected chi connectivity index (χ4v) is 5.92. The lowest BCUT2D eigenvalue weighted by Gasteiger charge is -2.35. The summed E-state index contributed by atoms with van der Waals surface area (Å²) in [4.78, 5) is 14.3. The number of hydrogen-bond acceptors (Lipinski definition) is 10. The van der Waals surface area contributed by atoms with Crippen molar-refractivity contribution in [2.24, 2.45) is 0 Å². The predicted molar refractivity (Wildman–Crippen MR) is 123 cm³/mol. The number of aliphatic hydroxyl groups is 1. The molecule has 0 radical (unpaired) electrons. The second-order valence-corrected chi connectivity index (χ2v) is 11.4. The lowest BCUT2D eigenvalue weighted by Crippen LogP contribution is -2.49. The van der Waals surface area contributed by atoms with E-state index in [1.807, 2.05) is 11.8 Å². The highest BCUT2D eigenvalue weighted by molar-refractivity contribution is 7.89. The van der Waals surface area contributed by atoms with E-state index in [0.717, 1.165) is 12.3 Å². The number of anilines is 1. The Hall–Kier alpha value is -1.84. The minimum Gasteiger partial charge on any atom is -0.395 e. The third-order valence-corrected chi connectivity index (χ3v) is 7.80. The summed E-state index contributed by atoms with van der Waals surface area (Å²) in [6, 6.07) is 2.38. The zero-order chi connectivity index (χ0) is 24.8. The van der Waals surface area contributed by atoms with Crippen LogP contribution in [0.1, 0.15) is 18.9 Å². The average molecular weight is 509 g/mol. The molecule has 1 aromatic carbocycles. The van der Waals surface area contributed by atoms with Crippen LogP contribution in [0.15, 0.2) is 17.0 Å². The average Bonchev–Trinajstić information content (AvgIpc) is 2.72. The van der Waals surface area contributed by atoms with E-state index in [2.05, 4.69) is 0 Å². The number of benzene rings is 1. The van der Waals surface area contributed by atoms with E-state index >= 15 is 0 Å². The normalized spacial score (nSPS) is 16.1. The van der Waals surface area contributed by atoms with Crippen molar-refractivity contribution < 1.29 is 31.0 Å². The Kier molecular flexibility index (Phi) is 9.58. The van der Waals surface area contributed by atoms with Crippen LogP contribution in [0.25, 0.3) is 0 Å². The standard InChI is InChI=1S/C19H32N4O8S2/c1-4-5-21(11-13-31-32(3,27)28)19-16(2)14-17(23(25)26)15-18(19)33(29,30)22-8-6-20(7-9-22)10-12-24/h14-15,24H,4-13H2,1-3H3. The van der Waals surface area contributed by atoms with E-state index in [4.69, 9.17) is 9.29 Å². The van der Waals surface area contributed by atoms with Crippen molar-refractivity contribution in [3.8, 4) is 0 Å². The molecule has 0 aliphatic carbocycles. The zero-order valence-corrected chi connectivity index (χ0v) is 20.8. The predicted octanol–water partition coefficient (Wildman–Crippen LogP) is 0.394. The summed E-state index contributed by atoms with van der Waals surface area (Å²) < 4.78 is 56.1. The second-order valence-electron chi connectivity index (χ2n) is 7.85. The van der Waals surface area contributed by atoms with Crippen LogP contribution in [0.4, 0.5) is 11.4 Å². The molecule has 12 nitrogen and oxygen atoms in total. The molecule has 1 aliphatic rings. The van der Waals surface area contributed by atoms with E-state index in [0.29, 0.717) is 43.9 Å². The minimum absolute atomic E-state index is 0.0253. The highest BCUT2D eigenvalue weighted by atomic mass is 32.2. The molecular weight excluding hydrogens is 476 g/mol. The summed E-state index contributed by atoms with van der Waals surface area (Å²) in [6.45, 7) is 5.46. The third kappa shape index (κ3) is 7.32. The van der Waals surface area contributed by atoms with Gasteiger partial charge in [0.1, 0.15) is 4.90 Å². The number of hydrogen-bond donors (Lipinski definition) is 1. The number of non-ortho nitro benzene ring substituents is 1. The molecule has 14 heteroatoms. The first-order valence-electron chi connectivity index (χ1n) is 10.6. The lowest BCUT2D eigenvalue weighted by atomic mass is 10.1. The molecule has 2 rings (SSSR count). The van der Waals surface area contributed by atoms with Crippen LogP contribution in [-0.4, -0.2) is 101 Å². The SMILES string of the molecule is CCCN(CCOS(C)(=O)=O)c1c(C)cc([N+](=O)[O-])cc1S(=O)(=O)N1CCN(CCO)CC1. The van der Waals surface area contributed by atoms with Gasteiger partial charge in [-0.3, -0.25) is 19.2 Å². The molecule has 0 spiro atoms. The Morgan fingerprint density at radius 1 is 1.15 bits per heavy atom. The van der Waals surface area contributed by atoms with E-state index in [9.17, 15) is 26.9 Å². The monoisotopic (exact) mass is 508 g/mol. The molecule has 1 aliphatic heterocycles. The van der Waals surface area contributed by atoms with Gasteiger partial charge in [-0.25, -0.2) is 8.42 Å². The Labute approximate surface area is 195 Å². The van der Waals surface area contributed by atoms with Crippen molar-refractivity contribution in [3.63, 3.8) is 0 Å². The van der Waals surface area contributed by atoms with Crippen molar-refractivity contribution in [2.75, 3.05) is 70.2 Å². The van der Waals surface area contributed by atoms with E-state index in [-0.39, 0.29) is 43.4 Å². The topological polar surface area (TPSA) is 151 Å². The Bertz CT molecular complexity index is 1040. The molecule has 0 saturated carbocycles. The maximum atomic E-state index is 13.6. The maximum Gasteiger partial charge on any atom is 0.271 e. The molecule has 1 aromatic rings. The van der Waals surface area contributed by atoms with Gasteiger partial charge in [-0.15, -0.1) is 0 Å². The molecule has 1 N–H and O–H groups in total. The lowest BCUT2D eigenvalue weighted by molar-refractivity contribution is -0.385. The zero-order valence-electron chi connectivity index (χ0n) is 19.1. The van der Waals surface area contributed by atoms with E-state index in [1.165, 1.54) is 10.4 Å². The van der Waals surface area contributed by atoms with Gasteiger partial charge in [0.15, 0.2) is 0 Å². The van der Waals surface area contributed by atoms with Gasteiger partial charge < -0.3 is 10.0 Å². The smallest absolute Gasteiger partial charge is 0.271 e. The highest BCUT2D eigenvalue weighted by Gasteiger charge is 2.34. The number of aliphatic hydroxyl groups excluding tert-OH is 1. The fourth-order valence-electron chi connectivity index (χ4n) is 3.81. The van der Waals surface area contributed by atoms with Gasteiger partial charge in [-0.05, 0) is 18.9 Å². The summed E-state index contributed by atoms with van der Waals surface area (Å²) in [5, 5.41) is 20.6. The van der Waals surface area contributed by atoms with Crippen molar-refractivity contribution in [1.82, 2.24) is 9.21 Å². The molecule has 33 heavy (non-hydrogen) atoms. The number of nitrogens with zero attached hydrogens (tertiary/aromatic N) is 4. The first-order valence-corrected chi connectivity index (χ1v) is 13.9. The summed E-state index contributed by atoms with van der Waals surface area (Å²) in [5.74, 6) is 0. The first kappa shape index (κ1) is 27.4. The highest BCUT2D eigenvalue weighted by Crippen LogP contribution is 2.35. The van der Waals surface area contributed by atoms with Crippen LogP contribution in [-0.2, 0) is 24.3 Å². The van der Waals surface area contributed by atoms with Crippen molar-refractivity contribution >= 4 is 31.5 Å². The molecule has 188 valence electrons. The third-order valence-electron chi connectivity index (χ3n) is 5.29. The Balaban J connectivity index is 2.49. The largest absolute Gasteiger partial charge is 0.395 e. The summed E-state index contributed by atoms with van der Waals surface area (Å²) in [5.41, 5.74) is 0.365. The molecule has 1 saturated heterocycles. The van der Waals surface area contributed by atoms with Crippen LogP contribution in [0.3, 0.4) is 0 Å². The second kappa shape index (κ2) is 11.5. The fraction of sp³-hybridized carbons (Fsp3) is 0.684. The Morgan fingerprint density at radius 2 is 1.79 bits per heavy atom. The number of β-amino-alcohol motifs (C(OH)–C–C–N with tert-alkyl or cyclic N) is 1. The first-order chi connectivity index (χ1) is 15.4. The number of rotatable bonds is 12. The molecule has 0 amide bonds. The van der Waals surface area contributed by atoms with Crippen molar-refractivity contribution in [2.45, 2.75) is 25.2 Å². The maximum absolute atomic E-state index is 13.6. The molecule has 0 unspecified atom stereocenters. The van der Waals surface area contributed by atoms with Crippen LogP contribution >= 0.6 is 0 Å². The van der Waals surface area contributed by atoms with Gasteiger partial charge in [-0.1, -0.05) is 6.92 Å². The quantitative estimate of drug-likeness (QED) is 0.239. The number of nitro groups is 1. The molecule has 1 fully saturated rings. The number of aryl methyl sites for hydroxylation is 1. The van der Waals surface area contributed by atoms with Gasteiger partial charge >= 0.3 is 0 Å². The molecule has 0 aromatic heterocycles.